The van der Waals surface area contributed by atoms with Crippen molar-refractivity contribution < 1.29 is 19.0 Å². The highest BCUT2D eigenvalue weighted by Crippen LogP contribution is 2.34. The molecule has 0 bridgehead atoms. The van der Waals surface area contributed by atoms with E-state index in [1.54, 1.807) is 21.3 Å². The van der Waals surface area contributed by atoms with Crippen LogP contribution in [0.15, 0.2) is 18.2 Å². The van der Waals surface area contributed by atoms with Gasteiger partial charge >= 0.3 is 0 Å². The minimum absolute atomic E-state index is 0.111. The topological polar surface area (TPSA) is 81.7 Å². The van der Waals surface area contributed by atoms with Gasteiger partial charge in [0, 0.05) is 32.3 Å². The smallest absolute Gasteiger partial charge is 0.263 e. The Morgan fingerprint density at radius 2 is 1.88 bits per heavy atom. The van der Waals surface area contributed by atoms with Crippen LogP contribution in [0.5, 0.6) is 11.5 Å². The Morgan fingerprint density at radius 1 is 1.12 bits per heavy atom. The monoisotopic (exact) mass is 379 g/mol. The number of carbonyl (C=O) groups is 1. The number of nitrogens with one attached hydrogen (secondary N) is 2. The third kappa shape index (κ3) is 5.17. The molecule has 0 aliphatic rings. The Bertz CT molecular complexity index is 733. The second-order valence-electron chi connectivity index (χ2n) is 5.50. The number of ether oxygens (including phenoxy) is 3. The largest absolute Gasteiger partial charge is 0.493 e. The van der Waals surface area contributed by atoms with Gasteiger partial charge in [0.05, 0.1) is 26.5 Å². The average Bonchev–Trinajstić information content (AvgIpc) is 3.05. The summed E-state index contributed by atoms with van der Waals surface area (Å²) in [6.07, 6.45) is 0. The predicted molar refractivity (Wildman–Crippen MR) is 102 cm³/mol. The summed E-state index contributed by atoms with van der Waals surface area (Å²) >= 11 is 1.37. The maximum Gasteiger partial charge on any atom is 0.263 e. The van der Waals surface area contributed by atoms with E-state index in [0.717, 1.165) is 17.1 Å². The fraction of sp³-hybridized carbons (Fsp3) is 0.444. The van der Waals surface area contributed by atoms with Crippen LogP contribution in [0.3, 0.4) is 0 Å². The Morgan fingerprint density at radius 3 is 2.58 bits per heavy atom. The minimum Gasteiger partial charge on any atom is -0.493 e. The van der Waals surface area contributed by atoms with Crippen LogP contribution >= 0.6 is 11.3 Å². The van der Waals surface area contributed by atoms with Gasteiger partial charge in [-0.2, -0.15) is 0 Å². The van der Waals surface area contributed by atoms with E-state index < -0.39 is 0 Å². The van der Waals surface area contributed by atoms with Crippen LogP contribution in [0.2, 0.25) is 0 Å². The molecule has 1 heterocycles. The van der Waals surface area contributed by atoms with E-state index in [0.29, 0.717) is 41.8 Å². The number of amides is 1. The van der Waals surface area contributed by atoms with Crippen LogP contribution in [0.25, 0.3) is 10.6 Å². The van der Waals surface area contributed by atoms with Crippen molar-refractivity contribution in [2.24, 2.45) is 0 Å². The number of aryl methyl sites for hydroxylation is 1. The van der Waals surface area contributed by atoms with Gasteiger partial charge in [-0.25, -0.2) is 4.98 Å². The molecule has 142 valence electrons. The lowest BCUT2D eigenvalue weighted by Gasteiger charge is -2.08. The van der Waals surface area contributed by atoms with Crippen molar-refractivity contribution in [2.45, 2.75) is 6.92 Å². The molecule has 0 aliphatic carbocycles. The zero-order valence-corrected chi connectivity index (χ0v) is 16.4. The molecule has 1 aromatic heterocycles. The Hall–Kier alpha value is -2.16. The number of thiazole rings is 1. The molecule has 2 rings (SSSR count). The summed E-state index contributed by atoms with van der Waals surface area (Å²) in [5.41, 5.74) is 1.60. The summed E-state index contributed by atoms with van der Waals surface area (Å²) in [6, 6.07) is 5.59. The van der Waals surface area contributed by atoms with Crippen LogP contribution in [-0.4, -0.2) is 58.5 Å². The van der Waals surface area contributed by atoms with Crippen LogP contribution < -0.4 is 20.1 Å². The lowest BCUT2D eigenvalue weighted by Crippen LogP contribution is -2.33. The van der Waals surface area contributed by atoms with Gasteiger partial charge < -0.3 is 24.8 Å². The van der Waals surface area contributed by atoms with Crippen LogP contribution in [0.4, 0.5) is 0 Å². The van der Waals surface area contributed by atoms with Gasteiger partial charge in [0.2, 0.25) is 0 Å². The lowest BCUT2D eigenvalue weighted by molar-refractivity contribution is 0.0957. The van der Waals surface area contributed by atoms with Gasteiger partial charge in [-0.3, -0.25) is 4.79 Å². The lowest BCUT2D eigenvalue weighted by atomic mass is 10.2. The molecule has 0 atom stereocenters. The summed E-state index contributed by atoms with van der Waals surface area (Å²) in [7, 11) is 4.85. The van der Waals surface area contributed by atoms with Crippen molar-refractivity contribution in [3.63, 3.8) is 0 Å². The molecule has 0 saturated carbocycles. The number of nitrogens with zero attached hydrogens (tertiary/aromatic N) is 1. The molecule has 1 amide bonds. The molecule has 7 nitrogen and oxygen atoms in total. The number of hydrogen-bond acceptors (Lipinski definition) is 7. The van der Waals surface area contributed by atoms with E-state index in [4.69, 9.17) is 14.2 Å². The number of benzene rings is 1. The zero-order chi connectivity index (χ0) is 18.9. The quantitative estimate of drug-likeness (QED) is 0.615. The second kappa shape index (κ2) is 10.1. The number of carbonyl (C=O) groups excluding carboxylic acids is 1. The Labute approximate surface area is 157 Å². The standard InChI is InChI=1S/C18H25N3O4S/c1-12-16(17(22)20-8-7-19-9-10-23-2)26-18(21-12)13-5-6-14(24-3)15(11-13)25-4/h5-6,11,19H,7-10H2,1-4H3,(H,20,22). The molecule has 0 radical (unpaired) electrons. The molecule has 2 aromatic rings. The molecule has 26 heavy (non-hydrogen) atoms. The summed E-state index contributed by atoms with van der Waals surface area (Å²) < 4.78 is 15.5. The van der Waals surface area contributed by atoms with Crippen molar-refractivity contribution in [3.05, 3.63) is 28.8 Å². The first kappa shape index (κ1) is 20.2. The molecular formula is C18H25N3O4S. The van der Waals surface area contributed by atoms with Crippen LogP contribution in [-0.2, 0) is 4.74 Å². The highest BCUT2D eigenvalue weighted by atomic mass is 32.1. The summed E-state index contributed by atoms with van der Waals surface area (Å²) in [4.78, 5) is 17.5. The molecule has 0 fully saturated rings. The van der Waals surface area contributed by atoms with Gasteiger partial charge in [0.25, 0.3) is 5.91 Å². The van der Waals surface area contributed by atoms with Crippen molar-refractivity contribution in [1.82, 2.24) is 15.6 Å². The van der Waals surface area contributed by atoms with Crippen molar-refractivity contribution in [3.8, 4) is 22.1 Å². The van der Waals surface area contributed by atoms with Gasteiger partial charge in [-0.1, -0.05) is 0 Å². The third-order valence-electron chi connectivity index (χ3n) is 3.70. The number of aromatic nitrogens is 1. The van der Waals surface area contributed by atoms with Crippen molar-refractivity contribution in [1.29, 1.82) is 0 Å². The van der Waals surface area contributed by atoms with E-state index >= 15 is 0 Å². The van der Waals surface area contributed by atoms with Gasteiger partial charge in [-0.05, 0) is 25.1 Å². The molecule has 0 saturated heterocycles. The van der Waals surface area contributed by atoms with E-state index in [-0.39, 0.29) is 5.91 Å². The molecule has 8 heteroatoms. The second-order valence-corrected chi connectivity index (χ2v) is 6.50. The highest BCUT2D eigenvalue weighted by molar-refractivity contribution is 7.17. The van der Waals surface area contributed by atoms with E-state index in [1.807, 2.05) is 25.1 Å². The first-order valence-corrected chi connectivity index (χ1v) is 9.10. The van der Waals surface area contributed by atoms with E-state index in [1.165, 1.54) is 11.3 Å². The molecule has 2 N–H and O–H groups in total. The SMILES string of the molecule is COCCNCCNC(=O)c1sc(-c2ccc(OC)c(OC)c2)nc1C. The summed E-state index contributed by atoms with van der Waals surface area (Å²) in [6.45, 7) is 4.49. The average molecular weight is 379 g/mol. The number of hydrogen-bond donors (Lipinski definition) is 2. The van der Waals surface area contributed by atoms with Gasteiger partial charge in [-0.15, -0.1) is 11.3 Å². The fourth-order valence-corrected chi connectivity index (χ4v) is 3.32. The minimum atomic E-state index is -0.111. The summed E-state index contributed by atoms with van der Waals surface area (Å²) in [5, 5.41) is 6.86. The molecular weight excluding hydrogens is 354 g/mol. The fourth-order valence-electron chi connectivity index (χ4n) is 2.34. The molecule has 1 aromatic carbocycles. The molecule has 0 spiro atoms. The van der Waals surface area contributed by atoms with Gasteiger partial charge in [0.15, 0.2) is 11.5 Å². The normalized spacial score (nSPS) is 10.6. The van der Waals surface area contributed by atoms with Gasteiger partial charge in [0.1, 0.15) is 9.88 Å². The highest BCUT2D eigenvalue weighted by Gasteiger charge is 2.17. The van der Waals surface area contributed by atoms with Crippen LogP contribution in [0, 0.1) is 6.92 Å². The third-order valence-corrected chi connectivity index (χ3v) is 4.91. The summed E-state index contributed by atoms with van der Waals surface area (Å²) in [5.74, 6) is 1.18. The maximum atomic E-state index is 12.4. The molecule has 0 unspecified atom stereocenters. The Kier molecular flexibility index (Phi) is 7.83. The maximum absolute atomic E-state index is 12.4. The van der Waals surface area contributed by atoms with Crippen molar-refractivity contribution >= 4 is 17.2 Å². The first-order chi connectivity index (χ1) is 12.6. The number of methoxy groups -OCH3 is 3. The Balaban J connectivity index is 2.03. The molecule has 0 aliphatic heterocycles. The number of rotatable bonds is 10. The van der Waals surface area contributed by atoms with E-state index in [9.17, 15) is 4.79 Å². The van der Waals surface area contributed by atoms with Crippen LogP contribution in [0.1, 0.15) is 15.4 Å². The predicted octanol–water partition coefficient (Wildman–Crippen LogP) is 2.10. The zero-order valence-electron chi connectivity index (χ0n) is 15.5. The van der Waals surface area contributed by atoms with E-state index in [2.05, 4.69) is 15.6 Å². The van der Waals surface area contributed by atoms with Crippen molar-refractivity contribution in [2.75, 3.05) is 47.6 Å². The first-order valence-electron chi connectivity index (χ1n) is 8.28.